The quantitative estimate of drug-likeness (QED) is 0.828. The maximum atomic E-state index is 11.7. The largest absolute Gasteiger partial charge is 0.493 e. The molecule has 2 aromatic heterocycles. The summed E-state index contributed by atoms with van der Waals surface area (Å²) in [5.41, 5.74) is 0.110. The highest BCUT2D eigenvalue weighted by Crippen LogP contribution is 2.38. The van der Waals surface area contributed by atoms with Gasteiger partial charge in [-0.2, -0.15) is 9.50 Å². The summed E-state index contributed by atoms with van der Waals surface area (Å²) < 4.78 is 1.33. The summed E-state index contributed by atoms with van der Waals surface area (Å²) in [5, 5.41) is 14.3. The molecule has 0 atom stereocenters. The Bertz CT molecular complexity index is 624. The maximum Gasteiger partial charge on any atom is 0.259 e. The minimum Gasteiger partial charge on any atom is -0.493 e. The first kappa shape index (κ1) is 10.3. The number of nitrogens with one attached hydrogen (secondary N) is 1. The number of nitrogens with zero attached hydrogens (tertiary/aromatic N) is 3. The van der Waals surface area contributed by atoms with Crippen molar-refractivity contribution in [1.82, 2.24) is 19.6 Å². The summed E-state index contributed by atoms with van der Waals surface area (Å²) in [6, 6.07) is 0. The molecular formula is C11H14N4O2. The number of aromatic nitrogens is 4. The van der Waals surface area contributed by atoms with Gasteiger partial charge >= 0.3 is 0 Å². The number of aromatic hydroxyl groups is 1. The minimum atomic E-state index is -0.272. The van der Waals surface area contributed by atoms with Gasteiger partial charge in [0.2, 0.25) is 11.7 Å². The Balaban J connectivity index is 2.21. The molecule has 0 unspecified atom stereocenters. The Morgan fingerprint density at radius 3 is 2.94 bits per heavy atom. The SMILES string of the molecule is CCCc1c(O)n2nc(C3CC3)nc2[nH]c1=O. The van der Waals surface area contributed by atoms with E-state index in [9.17, 15) is 9.90 Å². The minimum absolute atomic E-state index is 0.0787. The van der Waals surface area contributed by atoms with Gasteiger partial charge in [-0.3, -0.25) is 9.78 Å². The number of hydrogen-bond donors (Lipinski definition) is 2. The van der Waals surface area contributed by atoms with Crippen LogP contribution in [0.3, 0.4) is 0 Å². The Morgan fingerprint density at radius 2 is 2.29 bits per heavy atom. The Labute approximate surface area is 97.3 Å². The predicted molar refractivity (Wildman–Crippen MR) is 61.2 cm³/mol. The Morgan fingerprint density at radius 1 is 1.53 bits per heavy atom. The van der Waals surface area contributed by atoms with E-state index < -0.39 is 0 Å². The number of rotatable bonds is 3. The number of fused-ring (bicyclic) bond motifs is 1. The zero-order chi connectivity index (χ0) is 12.0. The third-order valence-corrected chi connectivity index (χ3v) is 3.04. The van der Waals surface area contributed by atoms with Crippen molar-refractivity contribution in [2.75, 3.05) is 0 Å². The predicted octanol–water partition coefficient (Wildman–Crippen LogP) is 0.953. The van der Waals surface area contributed by atoms with Gasteiger partial charge in [0, 0.05) is 5.92 Å². The van der Waals surface area contributed by atoms with Gasteiger partial charge in [0.15, 0.2) is 5.82 Å². The first-order valence-electron chi connectivity index (χ1n) is 5.91. The monoisotopic (exact) mass is 234 g/mol. The summed E-state index contributed by atoms with van der Waals surface area (Å²) in [4.78, 5) is 18.6. The molecule has 1 saturated carbocycles. The molecule has 17 heavy (non-hydrogen) atoms. The molecule has 0 amide bonds. The zero-order valence-corrected chi connectivity index (χ0v) is 9.60. The molecule has 1 fully saturated rings. The van der Waals surface area contributed by atoms with Crippen LogP contribution in [-0.2, 0) is 6.42 Å². The number of hydrogen-bond acceptors (Lipinski definition) is 4. The van der Waals surface area contributed by atoms with E-state index in [1.54, 1.807) is 0 Å². The van der Waals surface area contributed by atoms with Crippen LogP contribution < -0.4 is 5.56 Å². The standard InChI is InChI=1S/C11H14N4O2/c1-2-3-7-9(16)13-11-12-8(6-4-5-6)14-15(11)10(7)17/h6,17H,2-5H2,1H3,(H,12,13,14,16). The lowest BCUT2D eigenvalue weighted by Gasteiger charge is -2.02. The van der Waals surface area contributed by atoms with Gasteiger partial charge in [0.25, 0.3) is 5.56 Å². The molecule has 1 aliphatic rings. The second kappa shape index (κ2) is 3.58. The number of aromatic amines is 1. The highest BCUT2D eigenvalue weighted by Gasteiger charge is 2.29. The third kappa shape index (κ3) is 1.60. The van der Waals surface area contributed by atoms with Crippen LogP contribution in [-0.4, -0.2) is 24.7 Å². The molecule has 0 aliphatic heterocycles. The Kier molecular flexibility index (Phi) is 2.17. The van der Waals surface area contributed by atoms with Crippen molar-refractivity contribution >= 4 is 5.78 Å². The van der Waals surface area contributed by atoms with Crippen LogP contribution in [0.4, 0.5) is 0 Å². The molecule has 0 aromatic carbocycles. The van der Waals surface area contributed by atoms with Crippen molar-refractivity contribution < 1.29 is 5.11 Å². The average molecular weight is 234 g/mol. The fraction of sp³-hybridized carbons (Fsp3) is 0.545. The molecular weight excluding hydrogens is 220 g/mol. The Hall–Kier alpha value is -1.85. The average Bonchev–Trinajstić information content (AvgIpc) is 3.06. The van der Waals surface area contributed by atoms with Crippen molar-refractivity contribution in [3.05, 3.63) is 21.7 Å². The van der Waals surface area contributed by atoms with Crippen molar-refractivity contribution in [1.29, 1.82) is 0 Å². The van der Waals surface area contributed by atoms with Crippen molar-refractivity contribution in [2.45, 2.75) is 38.5 Å². The smallest absolute Gasteiger partial charge is 0.259 e. The van der Waals surface area contributed by atoms with Gasteiger partial charge in [-0.15, -0.1) is 5.10 Å². The van der Waals surface area contributed by atoms with E-state index in [2.05, 4.69) is 15.1 Å². The topological polar surface area (TPSA) is 83.3 Å². The fourth-order valence-corrected chi connectivity index (χ4v) is 1.95. The molecule has 1 aliphatic carbocycles. The molecule has 2 heterocycles. The molecule has 0 bridgehead atoms. The van der Waals surface area contributed by atoms with Gasteiger partial charge in [-0.25, -0.2) is 0 Å². The molecule has 2 N–H and O–H groups in total. The maximum absolute atomic E-state index is 11.7. The summed E-state index contributed by atoms with van der Waals surface area (Å²) >= 11 is 0. The van der Waals surface area contributed by atoms with Gasteiger partial charge in [0.1, 0.15) is 0 Å². The van der Waals surface area contributed by atoms with Crippen LogP contribution in [0.2, 0.25) is 0 Å². The molecule has 6 heteroatoms. The normalized spacial score (nSPS) is 15.6. The molecule has 0 spiro atoms. The lowest BCUT2D eigenvalue weighted by molar-refractivity contribution is 0.425. The van der Waals surface area contributed by atoms with Crippen molar-refractivity contribution in [3.63, 3.8) is 0 Å². The summed E-state index contributed by atoms with van der Waals surface area (Å²) in [6.45, 7) is 1.96. The zero-order valence-electron chi connectivity index (χ0n) is 9.60. The molecule has 6 nitrogen and oxygen atoms in total. The fourth-order valence-electron chi connectivity index (χ4n) is 1.95. The highest BCUT2D eigenvalue weighted by atomic mass is 16.3. The van der Waals surface area contributed by atoms with Crippen molar-refractivity contribution in [3.8, 4) is 5.88 Å². The van der Waals surface area contributed by atoms with E-state index in [4.69, 9.17) is 0 Å². The van der Waals surface area contributed by atoms with E-state index in [0.717, 1.165) is 19.3 Å². The van der Waals surface area contributed by atoms with Crippen LogP contribution >= 0.6 is 0 Å². The second-order valence-corrected chi connectivity index (χ2v) is 4.49. The van der Waals surface area contributed by atoms with Gasteiger partial charge in [0.05, 0.1) is 5.56 Å². The van der Waals surface area contributed by atoms with E-state index >= 15 is 0 Å². The molecule has 0 saturated heterocycles. The summed E-state index contributed by atoms with van der Waals surface area (Å²) in [7, 11) is 0. The highest BCUT2D eigenvalue weighted by molar-refractivity contribution is 5.36. The number of H-pyrrole nitrogens is 1. The molecule has 90 valence electrons. The van der Waals surface area contributed by atoms with Crippen LogP contribution in [0, 0.1) is 0 Å². The lowest BCUT2D eigenvalue weighted by Crippen LogP contribution is -2.15. The van der Waals surface area contributed by atoms with Crippen LogP contribution in [0.1, 0.15) is 43.5 Å². The summed E-state index contributed by atoms with van der Waals surface area (Å²) in [6.07, 6.45) is 3.51. The van der Waals surface area contributed by atoms with Crippen LogP contribution in [0.5, 0.6) is 5.88 Å². The van der Waals surface area contributed by atoms with Gasteiger partial charge in [-0.05, 0) is 19.3 Å². The first-order valence-corrected chi connectivity index (χ1v) is 5.91. The lowest BCUT2D eigenvalue weighted by atomic mass is 10.2. The summed E-state index contributed by atoms with van der Waals surface area (Å²) in [5.74, 6) is 1.36. The third-order valence-electron chi connectivity index (χ3n) is 3.04. The van der Waals surface area contributed by atoms with Gasteiger partial charge < -0.3 is 5.11 Å². The molecule has 0 radical (unpaired) electrons. The second-order valence-electron chi connectivity index (χ2n) is 4.49. The first-order chi connectivity index (χ1) is 8.20. The molecule has 3 rings (SSSR count). The van der Waals surface area contributed by atoms with E-state index in [1.165, 1.54) is 4.52 Å². The molecule has 2 aromatic rings. The van der Waals surface area contributed by atoms with Crippen LogP contribution in [0.25, 0.3) is 5.78 Å². The van der Waals surface area contributed by atoms with Crippen LogP contribution in [0.15, 0.2) is 4.79 Å². The van der Waals surface area contributed by atoms with Crippen molar-refractivity contribution in [2.24, 2.45) is 0 Å². The van der Waals surface area contributed by atoms with E-state index in [1.807, 2.05) is 6.92 Å². The van der Waals surface area contributed by atoms with E-state index in [0.29, 0.717) is 29.5 Å². The van der Waals surface area contributed by atoms with Gasteiger partial charge in [-0.1, -0.05) is 13.3 Å². The van der Waals surface area contributed by atoms with E-state index in [-0.39, 0.29) is 11.4 Å².